The number of nitrogens with zero attached hydrogens (tertiary/aromatic N) is 3. The van der Waals surface area contributed by atoms with Crippen molar-refractivity contribution >= 4 is 35.6 Å². The number of carbonyl (C=O) groups is 6. The third-order valence-electron chi connectivity index (χ3n) is 10.7. The van der Waals surface area contributed by atoms with E-state index >= 15 is 0 Å². The molecule has 53 heavy (non-hydrogen) atoms. The summed E-state index contributed by atoms with van der Waals surface area (Å²) in [6.07, 6.45) is 6.07. The molecule has 2 saturated heterocycles. The molecule has 2 aliphatic heterocycles. The van der Waals surface area contributed by atoms with Gasteiger partial charge in [-0.2, -0.15) is 0 Å². The maximum Gasteiger partial charge on any atom is 0.329 e. The Morgan fingerprint density at radius 1 is 0.887 bits per heavy atom. The number of ether oxygens (including phenoxy) is 2. The number of terminal acetylenes is 1. The van der Waals surface area contributed by atoms with E-state index in [0.717, 1.165) is 5.56 Å². The number of benzene rings is 1. The van der Waals surface area contributed by atoms with Gasteiger partial charge < -0.3 is 29.5 Å². The molecule has 12 heteroatoms. The first-order valence-electron chi connectivity index (χ1n) is 19.1. The summed E-state index contributed by atoms with van der Waals surface area (Å²) in [6.45, 7) is 12.7. The van der Waals surface area contributed by atoms with Crippen LogP contribution in [0, 0.1) is 36.0 Å². The number of amides is 4. The summed E-state index contributed by atoms with van der Waals surface area (Å²) in [7, 11) is 3.03. The number of likely N-dealkylation sites (N-methyl/N-ethyl adjacent to an activating group) is 2. The zero-order valence-corrected chi connectivity index (χ0v) is 33.0. The Morgan fingerprint density at radius 3 is 2.13 bits per heavy atom. The standard InChI is InChI=1S/C41H60N4O8/c1-11-13-15-22-32-28(8)36(46)42-33(25(3)4)38(48)43(9)31(24-29-19-16-14-17-20-29)40(50)53-35(26(5)6)39(49)45-23-18-21-30(45)37(47)44(10)34(27(7)12-2)41(51)52-32/h1,14,16-17,19-20,25-28,30-35H,12-13,15,18,21-24H2,2-10H3,(H,42,46)/t27?,28?,30-,31-,32?,33-,34-,35-/m0/s1. The summed E-state index contributed by atoms with van der Waals surface area (Å²) in [6, 6.07) is 5.07. The van der Waals surface area contributed by atoms with Gasteiger partial charge in [0.2, 0.25) is 17.7 Å². The number of fused-ring (bicyclic) bond motifs is 1. The first-order valence-corrected chi connectivity index (χ1v) is 19.1. The largest absolute Gasteiger partial charge is 0.460 e. The summed E-state index contributed by atoms with van der Waals surface area (Å²) in [4.78, 5) is 89.2. The summed E-state index contributed by atoms with van der Waals surface area (Å²) < 4.78 is 12.1. The molecule has 1 aromatic carbocycles. The lowest BCUT2D eigenvalue weighted by atomic mass is 9.94. The average molecular weight is 737 g/mol. The summed E-state index contributed by atoms with van der Waals surface area (Å²) in [5.74, 6) is -2.90. The number of unbranched alkanes of at least 4 members (excludes halogenated alkanes) is 1. The van der Waals surface area contributed by atoms with Crippen molar-refractivity contribution in [3.63, 3.8) is 0 Å². The lowest BCUT2D eigenvalue weighted by Crippen LogP contribution is -2.57. The molecule has 3 unspecified atom stereocenters. The van der Waals surface area contributed by atoms with Crippen molar-refractivity contribution in [1.82, 2.24) is 20.0 Å². The van der Waals surface area contributed by atoms with Gasteiger partial charge in [-0.3, -0.25) is 19.2 Å². The Labute approximate surface area is 315 Å². The van der Waals surface area contributed by atoms with E-state index in [9.17, 15) is 28.8 Å². The predicted molar refractivity (Wildman–Crippen MR) is 201 cm³/mol. The Kier molecular flexibility index (Phi) is 15.9. The van der Waals surface area contributed by atoms with Crippen LogP contribution in [-0.2, 0) is 44.7 Å². The highest BCUT2D eigenvalue weighted by Crippen LogP contribution is 2.28. The molecule has 2 fully saturated rings. The fraction of sp³-hybridized carbons (Fsp3) is 0.659. The number of hydrogen-bond donors (Lipinski definition) is 1. The van der Waals surface area contributed by atoms with Crippen molar-refractivity contribution in [2.24, 2.45) is 23.7 Å². The molecule has 2 heterocycles. The van der Waals surface area contributed by atoms with Gasteiger partial charge in [-0.25, -0.2) is 9.59 Å². The smallest absolute Gasteiger partial charge is 0.329 e. The molecule has 0 spiro atoms. The third kappa shape index (κ3) is 10.6. The number of hydrogen-bond acceptors (Lipinski definition) is 8. The molecule has 0 radical (unpaired) electrons. The van der Waals surface area contributed by atoms with Gasteiger partial charge >= 0.3 is 11.9 Å². The van der Waals surface area contributed by atoms with Gasteiger partial charge in [-0.15, -0.1) is 12.3 Å². The second kappa shape index (κ2) is 19.6. The van der Waals surface area contributed by atoms with Crippen LogP contribution >= 0.6 is 0 Å². The minimum absolute atomic E-state index is 0.0932. The van der Waals surface area contributed by atoms with Crippen molar-refractivity contribution in [3.8, 4) is 12.3 Å². The summed E-state index contributed by atoms with van der Waals surface area (Å²) >= 11 is 0. The van der Waals surface area contributed by atoms with Crippen LogP contribution in [0.15, 0.2) is 30.3 Å². The zero-order chi connectivity index (χ0) is 39.6. The van der Waals surface area contributed by atoms with Gasteiger partial charge in [0.1, 0.15) is 30.3 Å². The van der Waals surface area contributed by atoms with Gasteiger partial charge in [0.15, 0.2) is 6.10 Å². The van der Waals surface area contributed by atoms with Crippen LogP contribution in [0.3, 0.4) is 0 Å². The van der Waals surface area contributed by atoms with Crippen molar-refractivity contribution in [1.29, 1.82) is 0 Å². The SMILES string of the molecule is C#CCCCC1OC(=O)[C@H](C(C)CC)N(C)C(=O)[C@@H]2CCCN2C(=O)[C@H](C(C)C)OC(=O)[C@H](Cc2ccccc2)N(C)C(=O)[C@H](C(C)C)NC(=O)C1C. The number of esters is 2. The van der Waals surface area contributed by atoms with Crippen LogP contribution in [0.25, 0.3) is 0 Å². The van der Waals surface area contributed by atoms with E-state index in [2.05, 4.69) is 11.2 Å². The maximum absolute atomic E-state index is 14.3. The van der Waals surface area contributed by atoms with E-state index in [-0.39, 0.29) is 25.3 Å². The summed E-state index contributed by atoms with van der Waals surface area (Å²) in [5.41, 5.74) is 0.763. The van der Waals surface area contributed by atoms with Crippen LogP contribution < -0.4 is 5.32 Å². The van der Waals surface area contributed by atoms with E-state index < -0.39 is 89.7 Å². The minimum atomic E-state index is -1.24. The molecule has 292 valence electrons. The van der Waals surface area contributed by atoms with Crippen LogP contribution in [0.1, 0.15) is 92.6 Å². The first-order chi connectivity index (χ1) is 25.0. The Balaban J connectivity index is 2.18. The zero-order valence-electron chi connectivity index (χ0n) is 33.0. The van der Waals surface area contributed by atoms with Crippen molar-refractivity contribution < 1.29 is 38.2 Å². The highest BCUT2D eigenvalue weighted by atomic mass is 16.6. The second-order valence-corrected chi connectivity index (χ2v) is 15.3. The average Bonchev–Trinajstić information content (AvgIpc) is 3.63. The lowest BCUT2D eigenvalue weighted by molar-refractivity contribution is -0.171. The van der Waals surface area contributed by atoms with Crippen LogP contribution in [-0.4, -0.2) is 107 Å². The fourth-order valence-electron chi connectivity index (χ4n) is 7.08. The van der Waals surface area contributed by atoms with Crippen LogP contribution in [0.4, 0.5) is 0 Å². The molecular formula is C41H60N4O8. The van der Waals surface area contributed by atoms with Gasteiger partial charge in [0, 0.05) is 33.5 Å². The second-order valence-electron chi connectivity index (χ2n) is 15.3. The number of nitrogens with one attached hydrogen (secondary N) is 1. The Morgan fingerprint density at radius 2 is 1.55 bits per heavy atom. The van der Waals surface area contributed by atoms with Crippen LogP contribution in [0.2, 0.25) is 0 Å². The van der Waals surface area contributed by atoms with Gasteiger partial charge in [0.25, 0.3) is 5.91 Å². The molecule has 1 aromatic rings. The molecular weight excluding hydrogens is 676 g/mol. The number of rotatable bonds is 9. The fourth-order valence-corrected chi connectivity index (χ4v) is 7.08. The number of cyclic esters (lactones) is 2. The molecule has 0 aliphatic carbocycles. The quantitative estimate of drug-likeness (QED) is 0.228. The van der Waals surface area contributed by atoms with E-state index in [1.54, 1.807) is 34.6 Å². The molecule has 4 amide bonds. The highest BCUT2D eigenvalue weighted by molar-refractivity contribution is 5.95. The molecule has 3 rings (SSSR count). The molecule has 2 aliphatic rings. The van der Waals surface area contributed by atoms with E-state index in [1.165, 1.54) is 28.8 Å². The minimum Gasteiger partial charge on any atom is -0.460 e. The van der Waals surface area contributed by atoms with Crippen molar-refractivity contribution in [2.45, 2.75) is 130 Å². The maximum atomic E-state index is 14.3. The molecule has 0 saturated carbocycles. The number of carbonyl (C=O) groups excluding carboxylic acids is 6. The van der Waals surface area contributed by atoms with Gasteiger partial charge in [0.05, 0.1) is 5.92 Å². The molecule has 1 N–H and O–H groups in total. The Hall–Kier alpha value is -4.40. The normalized spacial score (nSPS) is 27.7. The molecule has 8 atom stereocenters. The van der Waals surface area contributed by atoms with Crippen molar-refractivity contribution in [3.05, 3.63) is 35.9 Å². The van der Waals surface area contributed by atoms with Crippen LogP contribution in [0.5, 0.6) is 0 Å². The van der Waals surface area contributed by atoms with Gasteiger partial charge in [-0.1, -0.05) is 85.2 Å². The highest BCUT2D eigenvalue weighted by Gasteiger charge is 2.45. The topological polar surface area (TPSA) is 143 Å². The predicted octanol–water partition coefficient (Wildman–Crippen LogP) is 3.99. The molecule has 12 nitrogen and oxygen atoms in total. The van der Waals surface area contributed by atoms with Crippen molar-refractivity contribution in [2.75, 3.05) is 20.6 Å². The molecule has 0 bridgehead atoms. The monoisotopic (exact) mass is 736 g/mol. The lowest BCUT2D eigenvalue weighted by Gasteiger charge is -2.37. The first kappa shape index (κ1) is 43.0. The van der Waals surface area contributed by atoms with Gasteiger partial charge in [-0.05, 0) is 49.0 Å². The Bertz CT molecular complexity index is 1490. The summed E-state index contributed by atoms with van der Waals surface area (Å²) in [5, 5.41) is 2.88. The molecule has 0 aromatic heterocycles. The third-order valence-corrected chi connectivity index (χ3v) is 10.7. The van der Waals surface area contributed by atoms with E-state index in [1.807, 2.05) is 44.2 Å². The van der Waals surface area contributed by atoms with E-state index in [4.69, 9.17) is 15.9 Å². The van der Waals surface area contributed by atoms with E-state index in [0.29, 0.717) is 32.1 Å².